The van der Waals surface area contributed by atoms with Gasteiger partial charge in [-0.25, -0.2) is 8.42 Å². The summed E-state index contributed by atoms with van der Waals surface area (Å²) < 4.78 is 29.2. The number of benzene rings is 3. The summed E-state index contributed by atoms with van der Waals surface area (Å²) in [5.74, 6) is 0.644. The SMILES string of the molecule is CCc1ccc(NC(=O)c2ccc(N3C[C@H](C)C[C@@H](C)C3)c(NS(=O)(=O)c3ccc(Cl)cc3)c2)cc1. The number of piperidine rings is 1. The van der Waals surface area contributed by atoms with Crippen molar-refractivity contribution in [3.8, 4) is 0 Å². The molecule has 1 amide bonds. The molecule has 6 nitrogen and oxygen atoms in total. The Balaban J connectivity index is 1.67. The third-order valence-corrected chi connectivity index (χ3v) is 8.09. The number of carbonyl (C=O) groups excluding carboxylic acids is 1. The minimum atomic E-state index is -3.89. The molecule has 0 aromatic heterocycles. The van der Waals surface area contributed by atoms with E-state index in [1.54, 1.807) is 24.3 Å². The van der Waals surface area contributed by atoms with Gasteiger partial charge in [0.1, 0.15) is 0 Å². The molecule has 3 aromatic rings. The van der Waals surface area contributed by atoms with Gasteiger partial charge in [-0.05, 0) is 84.8 Å². The number of anilines is 3. The van der Waals surface area contributed by atoms with Crippen molar-refractivity contribution in [2.75, 3.05) is 28.0 Å². The Kier molecular flexibility index (Phi) is 7.91. The van der Waals surface area contributed by atoms with Crippen LogP contribution in [0, 0.1) is 11.8 Å². The van der Waals surface area contributed by atoms with E-state index < -0.39 is 10.0 Å². The minimum absolute atomic E-state index is 0.101. The van der Waals surface area contributed by atoms with Crippen molar-refractivity contribution in [2.24, 2.45) is 11.8 Å². The molecule has 1 heterocycles. The molecule has 0 bridgehead atoms. The normalized spacial score (nSPS) is 18.1. The first-order valence-electron chi connectivity index (χ1n) is 12.2. The highest BCUT2D eigenvalue weighted by molar-refractivity contribution is 7.92. The summed E-state index contributed by atoms with van der Waals surface area (Å²) in [7, 11) is -3.89. The van der Waals surface area contributed by atoms with Crippen molar-refractivity contribution in [1.82, 2.24) is 0 Å². The van der Waals surface area contributed by atoms with Gasteiger partial charge in [0.25, 0.3) is 15.9 Å². The Labute approximate surface area is 218 Å². The molecule has 2 N–H and O–H groups in total. The van der Waals surface area contributed by atoms with Crippen LogP contribution in [-0.2, 0) is 16.4 Å². The molecule has 1 aliphatic heterocycles. The third kappa shape index (κ3) is 6.20. The highest BCUT2D eigenvalue weighted by Gasteiger charge is 2.26. The first-order chi connectivity index (χ1) is 17.1. The van der Waals surface area contributed by atoms with Crippen LogP contribution in [0.1, 0.15) is 43.1 Å². The second-order valence-corrected chi connectivity index (χ2v) is 11.8. The van der Waals surface area contributed by atoms with Crippen molar-refractivity contribution >= 4 is 44.6 Å². The van der Waals surface area contributed by atoms with Crippen molar-refractivity contribution in [1.29, 1.82) is 0 Å². The number of hydrogen-bond acceptors (Lipinski definition) is 4. The largest absolute Gasteiger partial charge is 0.369 e. The maximum absolute atomic E-state index is 13.2. The molecule has 1 aliphatic rings. The number of nitrogens with one attached hydrogen (secondary N) is 2. The van der Waals surface area contributed by atoms with Gasteiger partial charge in [0.15, 0.2) is 0 Å². The number of carbonyl (C=O) groups is 1. The smallest absolute Gasteiger partial charge is 0.261 e. The summed E-state index contributed by atoms with van der Waals surface area (Å²) in [6.07, 6.45) is 2.04. The Morgan fingerprint density at radius 2 is 1.61 bits per heavy atom. The topological polar surface area (TPSA) is 78.5 Å². The van der Waals surface area contributed by atoms with Crippen LogP contribution in [0.5, 0.6) is 0 Å². The zero-order chi connectivity index (χ0) is 25.9. The Morgan fingerprint density at radius 3 is 2.22 bits per heavy atom. The van der Waals surface area contributed by atoms with E-state index in [0.29, 0.717) is 33.8 Å². The van der Waals surface area contributed by atoms with E-state index in [1.807, 2.05) is 30.3 Å². The van der Waals surface area contributed by atoms with Crippen molar-refractivity contribution in [3.05, 3.63) is 82.9 Å². The fourth-order valence-corrected chi connectivity index (χ4v) is 5.93. The minimum Gasteiger partial charge on any atom is -0.369 e. The highest BCUT2D eigenvalue weighted by Crippen LogP contribution is 2.34. The van der Waals surface area contributed by atoms with E-state index in [4.69, 9.17) is 11.6 Å². The first kappa shape index (κ1) is 26.0. The zero-order valence-electron chi connectivity index (χ0n) is 20.8. The summed E-state index contributed by atoms with van der Waals surface area (Å²) in [5, 5.41) is 3.36. The van der Waals surface area contributed by atoms with Gasteiger partial charge in [-0.3, -0.25) is 9.52 Å². The third-order valence-electron chi connectivity index (χ3n) is 6.46. The van der Waals surface area contributed by atoms with Crippen molar-refractivity contribution in [3.63, 3.8) is 0 Å². The molecule has 1 fully saturated rings. The molecular formula is C28H32ClN3O3S. The molecule has 190 valence electrons. The number of rotatable bonds is 7. The molecule has 0 saturated carbocycles. The quantitative estimate of drug-likeness (QED) is 0.372. The predicted octanol–water partition coefficient (Wildman–Crippen LogP) is 6.44. The maximum Gasteiger partial charge on any atom is 0.261 e. The Morgan fingerprint density at radius 1 is 0.972 bits per heavy atom. The van der Waals surface area contributed by atoms with Gasteiger partial charge < -0.3 is 10.2 Å². The lowest BCUT2D eigenvalue weighted by Crippen LogP contribution is -2.39. The Hall–Kier alpha value is -3.03. The number of aryl methyl sites for hydroxylation is 1. The molecule has 8 heteroatoms. The van der Waals surface area contributed by atoms with Gasteiger partial charge >= 0.3 is 0 Å². The van der Waals surface area contributed by atoms with E-state index in [9.17, 15) is 13.2 Å². The average molecular weight is 526 g/mol. The standard InChI is InChI=1S/C28H32ClN3O3S/c1-4-21-5-10-24(11-6-21)30-28(33)22-7-14-27(32-17-19(2)15-20(3)18-32)26(16-22)31-36(34,35)25-12-8-23(29)9-13-25/h5-14,16,19-20,31H,4,15,17-18H2,1-3H3,(H,30,33)/t19-,20-/m1/s1. The van der Waals surface area contributed by atoms with Crippen LogP contribution in [-0.4, -0.2) is 27.4 Å². The van der Waals surface area contributed by atoms with E-state index in [2.05, 4.69) is 35.7 Å². The molecule has 0 spiro atoms. The molecule has 3 aromatic carbocycles. The number of hydrogen-bond donors (Lipinski definition) is 2. The zero-order valence-corrected chi connectivity index (χ0v) is 22.4. The molecule has 1 saturated heterocycles. The van der Waals surface area contributed by atoms with Gasteiger partial charge in [-0.2, -0.15) is 0 Å². The van der Waals surface area contributed by atoms with E-state index in [0.717, 1.165) is 31.6 Å². The molecule has 36 heavy (non-hydrogen) atoms. The maximum atomic E-state index is 13.2. The van der Waals surface area contributed by atoms with Gasteiger partial charge in [0, 0.05) is 29.4 Å². The van der Waals surface area contributed by atoms with Crippen LogP contribution >= 0.6 is 11.6 Å². The fourth-order valence-electron chi connectivity index (χ4n) is 4.74. The van der Waals surface area contributed by atoms with Crippen LogP contribution in [0.3, 0.4) is 0 Å². The van der Waals surface area contributed by atoms with Crippen LogP contribution < -0.4 is 14.9 Å². The second-order valence-electron chi connectivity index (χ2n) is 9.65. The number of halogens is 1. The lowest BCUT2D eigenvalue weighted by Gasteiger charge is -2.37. The molecule has 4 rings (SSSR count). The molecule has 2 atom stereocenters. The molecule has 0 radical (unpaired) electrons. The van der Waals surface area contributed by atoms with Crippen molar-refractivity contribution < 1.29 is 13.2 Å². The summed E-state index contributed by atoms with van der Waals surface area (Å²) in [5.41, 5.74) is 3.37. The lowest BCUT2D eigenvalue weighted by molar-refractivity contribution is 0.102. The van der Waals surface area contributed by atoms with Crippen molar-refractivity contribution in [2.45, 2.75) is 38.5 Å². The fraction of sp³-hybridized carbons (Fsp3) is 0.321. The summed E-state index contributed by atoms with van der Waals surface area (Å²) >= 11 is 5.95. The van der Waals surface area contributed by atoms with Crippen LogP contribution in [0.15, 0.2) is 71.6 Å². The predicted molar refractivity (Wildman–Crippen MR) is 148 cm³/mol. The van der Waals surface area contributed by atoms with Crippen LogP contribution in [0.4, 0.5) is 17.1 Å². The monoisotopic (exact) mass is 525 g/mol. The highest BCUT2D eigenvalue weighted by atomic mass is 35.5. The lowest BCUT2D eigenvalue weighted by atomic mass is 9.91. The summed E-state index contributed by atoms with van der Waals surface area (Å²) in [4.78, 5) is 15.4. The number of sulfonamides is 1. The van der Waals surface area contributed by atoms with Crippen LogP contribution in [0.25, 0.3) is 0 Å². The van der Waals surface area contributed by atoms with E-state index in [-0.39, 0.29) is 10.8 Å². The van der Waals surface area contributed by atoms with Crippen LogP contribution in [0.2, 0.25) is 5.02 Å². The number of nitrogens with zero attached hydrogens (tertiary/aromatic N) is 1. The van der Waals surface area contributed by atoms with Gasteiger partial charge in [0.2, 0.25) is 0 Å². The van der Waals surface area contributed by atoms with Gasteiger partial charge in [-0.1, -0.05) is 44.5 Å². The first-order valence-corrected chi connectivity index (χ1v) is 14.1. The Bertz CT molecular complexity index is 1320. The number of amides is 1. The second kappa shape index (κ2) is 10.9. The van der Waals surface area contributed by atoms with E-state index in [1.165, 1.54) is 17.7 Å². The molecular weight excluding hydrogens is 494 g/mol. The molecule has 0 aliphatic carbocycles. The summed E-state index contributed by atoms with van der Waals surface area (Å²) in [6, 6.07) is 18.9. The summed E-state index contributed by atoms with van der Waals surface area (Å²) in [6.45, 7) is 8.11. The average Bonchev–Trinajstić information content (AvgIpc) is 2.84. The van der Waals surface area contributed by atoms with Gasteiger partial charge in [0.05, 0.1) is 16.3 Å². The van der Waals surface area contributed by atoms with E-state index >= 15 is 0 Å². The van der Waals surface area contributed by atoms with Gasteiger partial charge in [-0.15, -0.1) is 0 Å². The molecule has 0 unspecified atom stereocenters.